The molecule has 1 aliphatic rings. The van der Waals surface area contributed by atoms with E-state index >= 15 is 0 Å². The third-order valence-electron chi connectivity index (χ3n) is 7.46. The van der Waals surface area contributed by atoms with E-state index in [-0.39, 0.29) is 11.9 Å². The Kier molecular flexibility index (Phi) is 9.21. The van der Waals surface area contributed by atoms with Crippen molar-refractivity contribution in [3.63, 3.8) is 0 Å². The predicted molar refractivity (Wildman–Crippen MR) is 162 cm³/mol. The molecule has 0 bridgehead atoms. The summed E-state index contributed by atoms with van der Waals surface area (Å²) in [5.41, 5.74) is 4.76. The van der Waals surface area contributed by atoms with E-state index in [0.29, 0.717) is 26.1 Å². The molecule has 1 aromatic heterocycles. The first kappa shape index (κ1) is 28.6. The van der Waals surface area contributed by atoms with Gasteiger partial charge in [-0.05, 0) is 71.3 Å². The van der Waals surface area contributed by atoms with E-state index in [1.807, 2.05) is 17.0 Å². The number of carbonyl (C=O) groups excluding carboxylic acids is 2. The topological polar surface area (TPSA) is 68.3 Å². The van der Waals surface area contributed by atoms with Gasteiger partial charge in [0.1, 0.15) is 11.5 Å². The number of thiophene rings is 1. The molecular formula is C33H36N2O5S. The quantitative estimate of drug-likeness (QED) is 0.159. The SMILES string of the molecule is COC(=O)CCCOc1ccc(-c2sc3ccccc3c2Cc2ccc(CN3CCN(C(C)=O)C3)c(OC)c2)cc1. The zero-order valence-corrected chi connectivity index (χ0v) is 24.7. The Morgan fingerprint density at radius 1 is 0.976 bits per heavy atom. The number of ether oxygens (including phenoxy) is 3. The molecule has 7 nitrogen and oxygen atoms in total. The van der Waals surface area contributed by atoms with Crippen molar-refractivity contribution in [2.24, 2.45) is 0 Å². The largest absolute Gasteiger partial charge is 0.496 e. The summed E-state index contributed by atoms with van der Waals surface area (Å²) in [6, 6.07) is 23.2. The highest BCUT2D eigenvalue weighted by atomic mass is 32.1. The molecule has 5 rings (SSSR count). The lowest BCUT2D eigenvalue weighted by atomic mass is 9.97. The molecule has 4 aromatic rings. The van der Waals surface area contributed by atoms with Crippen molar-refractivity contribution in [2.75, 3.05) is 40.6 Å². The number of carbonyl (C=O) groups is 2. The molecule has 3 aromatic carbocycles. The molecule has 1 fully saturated rings. The second-order valence-electron chi connectivity index (χ2n) is 10.3. The maximum Gasteiger partial charge on any atom is 0.305 e. The van der Waals surface area contributed by atoms with Gasteiger partial charge in [-0.1, -0.05) is 30.3 Å². The summed E-state index contributed by atoms with van der Waals surface area (Å²) in [5.74, 6) is 1.55. The second kappa shape index (κ2) is 13.2. The van der Waals surface area contributed by atoms with Crippen molar-refractivity contribution < 1.29 is 23.8 Å². The maximum atomic E-state index is 11.7. The first-order chi connectivity index (χ1) is 19.9. The zero-order valence-electron chi connectivity index (χ0n) is 23.9. The Morgan fingerprint density at radius 2 is 1.78 bits per heavy atom. The van der Waals surface area contributed by atoms with Gasteiger partial charge in [0.15, 0.2) is 0 Å². The van der Waals surface area contributed by atoms with Crippen LogP contribution < -0.4 is 9.47 Å². The first-order valence-electron chi connectivity index (χ1n) is 13.9. The molecule has 1 saturated heterocycles. The summed E-state index contributed by atoms with van der Waals surface area (Å²) in [4.78, 5) is 28.4. The van der Waals surface area contributed by atoms with E-state index in [2.05, 4.69) is 64.2 Å². The second-order valence-corrected chi connectivity index (χ2v) is 11.3. The van der Waals surface area contributed by atoms with E-state index in [1.165, 1.54) is 33.2 Å². The van der Waals surface area contributed by atoms with E-state index in [4.69, 9.17) is 9.47 Å². The van der Waals surface area contributed by atoms with Crippen molar-refractivity contribution in [3.8, 4) is 21.9 Å². The molecule has 2 heterocycles. The van der Waals surface area contributed by atoms with Crippen LogP contribution in [0.25, 0.3) is 20.5 Å². The third-order valence-corrected chi connectivity index (χ3v) is 8.73. The van der Waals surface area contributed by atoms with Gasteiger partial charge in [0.2, 0.25) is 5.91 Å². The summed E-state index contributed by atoms with van der Waals surface area (Å²) in [5, 5.41) is 1.26. The molecule has 0 spiro atoms. The fraction of sp³-hybridized carbons (Fsp3) is 0.333. The molecule has 214 valence electrons. The van der Waals surface area contributed by atoms with Crippen LogP contribution in [-0.4, -0.2) is 62.3 Å². The van der Waals surface area contributed by atoms with Crippen molar-refractivity contribution in [3.05, 3.63) is 83.4 Å². The van der Waals surface area contributed by atoms with Gasteiger partial charge in [0.25, 0.3) is 0 Å². The minimum atomic E-state index is -0.221. The Balaban J connectivity index is 1.34. The first-order valence-corrected chi connectivity index (χ1v) is 14.7. The standard InChI is InChI=1S/C33H36N2O5S/c1-23(36)35-17-16-34(22-35)21-26-11-10-24(20-30(26)38-2)19-29-28-7-4-5-8-31(28)41-33(29)25-12-14-27(15-13-25)40-18-6-9-32(37)39-3/h4-5,7-8,10-15,20H,6,9,16-19,21-22H2,1-3H3. The molecule has 0 radical (unpaired) electrons. The Morgan fingerprint density at radius 3 is 2.51 bits per heavy atom. The molecule has 1 amide bonds. The van der Waals surface area contributed by atoms with Crippen LogP contribution >= 0.6 is 11.3 Å². The Hall–Kier alpha value is -3.88. The highest BCUT2D eigenvalue weighted by Crippen LogP contribution is 2.40. The van der Waals surface area contributed by atoms with Crippen LogP contribution in [0, 0.1) is 0 Å². The molecular weight excluding hydrogens is 536 g/mol. The van der Waals surface area contributed by atoms with E-state index in [1.54, 1.807) is 25.4 Å². The monoisotopic (exact) mass is 572 g/mol. The highest BCUT2D eigenvalue weighted by molar-refractivity contribution is 7.22. The third kappa shape index (κ3) is 6.89. The van der Waals surface area contributed by atoms with Crippen LogP contribution in [0.4, 0.5) is 0 Å². The van der Waals surface area contributed by atoms with Crippen LogP contribution in [0.5, 0.6) is 11.5 Å². The van der Waals surface area contributed by atoms with Crippen molar-refractivity contribution in [1.82, 2.24) is 9.80 Å². The van der Waals surface area contributed by atoms with Gasteiger partial charge in [-0.2, -0.15) is 0 Å². The van der Waals surface area contributed by atoms with Gasteiger partial charge in [-0.3, -0.25) is 14.5 Å². The molecule has 0 aliphatic carbocycles. The van der Waals surface area contributed by atoms with E-state index in [0.717, 1.165) is 48.7 Å². The number of hydrogen-bond acceptors (Lipinski definition) is 7. The lowest BCUT2D eigenvalue weighted by Gasteiger charge is -2.19. The highest BCUT2D eigenvalue weighted by Gasteiger charge is 2.23. The van der Waals surface area contributed by atoms with Crippen molar-refractivity contribution in [1.29, 1.82) is 0 Å². The lowest BCUT2D eigenvalue weighted by molar-refractivity contribution is -0.140. The zero-order chi connectivity index (χ0) is 28.8. The number of benzene rings is 3. The summed E-state index contributed by atoms with van der Waals surface area (Å²) in [7, 11) is 3.12. The van der Waals surface area contributed by atoms with Gasteiger partial charge < -0.3 is 19.1 Å². The minimum absolute atomic E-state index is 0.117. The van der Waals surface area contributed by atoms with Crippen LogP contribution in [0.15, 0.2) is 66.7 Å². The fourth-order valence-corrected chi connectivity index (χ4v) is 6.45. The molecule has 8 heteroatoms. The van der Waals surface area contributed by atoms with Gasteiger partial charge in [0, 0.05) is 48.1 Å². The fourth-order valence-electron chi connectivity index (χ4n) is 5.22. The maximum absolute atomic E-state index is 11.7. The van der Waals surface area contributed by atoms with Crippen molar-refractivity contribution >= 4 is 33.3 Å². The summed E-state index contributed by atoms with van der Waals surface area (Å²) in [6.07, 6.45) is 1.75. The van der Waals surface area contributed by atoms with Crippen molar-refractivity contribution in [2.45, 2.75) is 32.7 Å². The van der Waals surface area contributed by atoms with E-state index in [9.17, 15) is 9.59 Å². The number of nitrogens with zero attached hydrogens (tertiary/aromatic N) is 2. The number of amides is 1. The summed E-state index contributed by atoms with van der Waals surface area (Å²) < 4.78 is 17.6. The summed E-state index contributed by atoms with van der Waals surface area (Å²) >= 11 is 1.80. The van der Waals surface area contributed by atoms with Crippen LogP contribution in [0.2, 0.25) is 0 Å². The van der Waals surface area contributed by atoms with Gasteiger partial charge >= 0.3 is 5.97 Å². The number of fused-ring (bicyclic) bond motifs is 1. The molecule has 1 aliphatic heterocycles. The average Bonchev–Trinajstić information content (AvgIpc) is 3.61. The Bertz CT molecular complexity index is 1510. The molecule has 0 unspecified atom stereocenters. The normalized spacial score (nSPS) is 13.5. The number of esters is 1. The summed E-state index contributed by atoms with van der Waals surface area (Å²) in [6.45, 7) is 5.13. The Labute approximate surface area is 245 Å². The molecule has 0 N–H and O–H groups in total. The van der Waals surface area contributed by atoms with E-state index < -0.39 is 0 Å². The molecule has 0 saturated carbocycles. The number of methoxy groups -OCH3 is 2. The van der Waals surface area contributed by atoms with Crippen LogP contribution in [0.1, 0.15) is 36.5 Å². The lowest BCUT2D eigenvalue weighted by Crippen LogP contribution is -2.28. The average molecular weight is 573 g/mol. The van der Waals surface area contributed by atoms with Gasteiger partial charge in [0.05, 0.1) is 27.5 Å². The minimum Gasteiger partial charge on any atom is -0.496 e. The number of hydrogen-bond donors (Lipinski definition) is 0. The van der Waals surface area contributed by atoms with Crippen LogP contribution in [-0.2, 0) is 27.3 Å². The van der Waals surface area contributed by atoms with Crippen LogP contribution in [0.3, 0.4) is 0 Å². The van der Waals surface area contributed by atoms with Gasteiger partial charge in [-0.15, -0.1) is 11.3 Å². The molecule has 41 heavy (non-hydrogen) atoms. The number of rotatable bonds is 11. The molecule has 0 atom stereocenters. The smallest absolute Gasteiger partial charge is 0.305 e. The van der Waals surface area contributed by atoms with Gasteiger partial charge in [-0.25, -0.2) is 0 Å². The predicted octanol–water partition coefficient (Wildman–Crippen LogP) is 6.12.